The normalized spacial score (nSPS) is 12.7. The summed E-state index contributed by atoms with van der Waals surface area (Å²) in [6.07, 6.45) is 1.84. The monoisotopic (exact) mass is 266 g/mol. The molecule has 1 N–H and O–H groups in total. The highest BCUT2D eigenvalue weighted by atomic mass is 16.3. The third-order valence-corrected chi connectivity index (χ3v) is 3.37. The van der Waals surface area contributed by atoms with Gasteiger partial charge in [0.2, 0.25) is 0 Å². The van der Waals surface area contributed by atoms with Crippen LogP contribution in [-0.4, -0.2) is 11.5 Å². The summed E-state index contributed by atoms with van der Waals surface area (Å²) < 4.78 is 5.97. The molecular formula is C17H18N2O. The SMILES string of the molecule is CCNC(c1cc(C)ccn1)c1cc2ccccc2o1. The van der Waals surface area contributed by atoms with Gasteiger partial charge in [0.25, 0.3) is 0 Å². The zero-order chi connectivity index (χ0) is 13.9. The van der Waals surface area contributed by atoms with E-state index in [-0.39, 0.29) is 6.04 Å². The minimum atomic E-state index is -0.00713. The predicted molar refractivity (Wildman–Crippen MR) is 80.7 cm³/mol. The number of benzene rings is 1. The van der Waals surface area contributed by atoms with Crippen molar-refractivity contribution < 1.29 is 4.42 Å². The molecule has 0 saturated carbocycles. The highest BCUT2D eigenvalue weighted by molar-refractivity contribution is 5.77. The number of para-hydroxylation sites is 1. The number of furan rings is 1. The molecule has 0 saturated heterocycles. The van der Waals surface area contributed by atoms with Gasteiger partial charge in [0.05, 0.1) is 5.69 Å². The number of nitrogens with one attached hydrogen (secondary N) is 1. The highest BCUT2D eigenvalue weighted by Gasteiger charge is 2.18. The molecule has 1 aromatic carbocycles. The lowest BCUT2D eigenvalue weighted by Crippen LogP contribution is -2.22. The Labute approximate surface area is 118 Å². The van der Waals surface area contributed by atoms with Crippen molar-refractivity contribution in [1.29, 1.82) is 0 Å². The maximum absolute atomic E-state index is 5.97. The third kappa shape index (κ3) is 2.45. The van der Waals surface area contributed by atoms with E-state index >= 15 is 0 Å². The van der Waals surface area contributed by atoms with Crippen LogP contribution in [0.15, 0.2) is 53.1 Å². The summed E-state index contributed by atoms with van der Waals surface area (Å²) >= 11 is 0. The second-order valence-electron chi connectivity index (χ2n) is 4.94. The largest absolute Gasteiger partial charge is 0.459 e. The number of hydrogen-bond donors (Lipinski definition) is 1. The van der Waals surface area contributed by atoms with E-state index in [1.807, 2.05) is 30.5 Å². The molecule has 0 spiro atoms. The van der Waals surface area contributed by atoms with Gasteiger partial charge in [-0.25, -0.2) is 0 Å². The first-order valence-corrected chi connectivity index (χ1v) is 6.92. The Morgan fingerprint density at radius 3 is 2.80 bits per heavy atom. The summed E-state index contributed by atoms with van der Waals surface area (Å²) in [6, 6.07) is 14.3. The van der Waals surface area contributed by atoms with Crippen molar-refractivity contribution in [2.45, 2.75) is 19.9 Å². The molecule has 1 unspecified atom stereocenters. The van der Waals surface area contributed by atoms with Crippen LogP contribution in [0.5, 0.6) is 0 Å². The molecule has 0 fully saturated rings. The second-order valence-corrected chi connectivity index (χ2v) is 4.94. The minimum Gasteiger partial charge on any atom is -0.459 e. The number of fused-ring (bicyclic) bond motifs is 1. The van der Waals surface area contributed by atoms with Crippen LogP contribution in [0.3, 0.4) is 0 Å². The third-order valence-electron chi connectivity index (χ3n) is 3.37. The fourth-order valence-corrected chi connectivity index (χ4v) is 2.42. The van der Waals surface area contributed by atoms with E-state index in [9.17, 15) is 0 Å². The quantitative estimate of drug-likeness (QED) is 0.779. The second kappa shape index (κ2) is 5.47. The number of aryl methyl sites for hydroxylation is 1. The van der Waals surface area contributed by atoms with Crippen molar-refractivity contribution >= 4 is 11.0 Å². The van der Waals surface area contributed by atoms with E-state index in [0.29, 0.717) is 0 Å². The van der Waals surface area contributed by atoms with Gasteiger partial charge in [-0.05, 0) is 43.3 Å². The van der Waals surface area contributed by atoms with Crippen molar-refractivity contribution in [2.75, 3.05) is 6.54 Å². The van der Waals surface area contributed by atoms with Crippen LogP contribution in [-0.2, 0) is 0 Å². The molecule has 0 aliphatic carbocycles. The molecule has 0 aliphatic rings. The molecule has 3 nitrogen and oxygen atoms in total. The predicted octanol–water partition coefficient (Wildman–Crippen LogP) is 3.84. The average Bonchev–Trinajstić information content (AvgIpc) is 2.88. The molecule has 1 atom stereocenters. The van der Waals surface area contributed by atoms with Crippen molar-refractivity contribution in [2.24, 2.45) is 0 Å². The Hall–Kier alpha value is -2.13. The van der Waals surface area contributed by atoms with Crippen LogP contribution in [0.2, 0.25) is 0 Å². The summed E-state index contributed by atoms with van der Waals surface area (Å²) in [5.74, 6) is 0.908. The number of nitrogens with zero attached hydrogens (tertiary/aromatic N) is 1. The van der Waals surface area contributed by atoms with Gasteiger partial charge in [0, 0.05) is 11.6 Å². The fourth-order valence-electron chi connectivity index (χ4n) is 2.42. The number of pyridine rings is 1. The van der Waals surface area contributed by atoms with Crippen molar-refractivity contribution in [3.05, 3.63) is 65.7 Å². The number of aromatic nitrogens is 1. The van der Waals surface area contributed by atoms with Crippen molar-refractivity contribution in [3.63, 3.8) is 0 Å². The van der Waals surface area contributed by atoms with Crippen LogP contribution in [0.1, 0.15) is 30.0 Å². The summed E-state index contributed by atoms with van der Waals surface area (Å²) in [5.41, 5.74) is 3.11. The van der Waals surface area contributed by atoms with Gasteiger partial charge in [-0.2, -0.15) is 0 Å². The van der Waals surface area contributed by atoms with E-state index in [1.54, 1.807) is 0 Å². The first kappa shape index (κ1) is 12.9. The van der Waals surface area contributed by atoms with E-state index in [0.717, 1.165) is 29.0 Å². The van der Waals surface area contributed by atoms with E-state index in [2.05, 4.69) is 42.3 Å². The van der Waals surface area contributed by atoms with Gasteiger partial charge in [-0.15, -0.1) is 0 Å². The Bertz CT molecular complexity index is 685. The summed E-state index contributed by atoms with van der Waals surface area (Å²) in [7, 11) is 0. The summed E-state index contributed by atoms with van der Waals surface area (Å²) in [6.45, 7) is 5.02. The molecular weight excluding hydrogens is 248 g/mol. The van der Waals surface area contributed by atoms with Crippen LogP contribution < -0.4 is 5.32 Å². The van der Waals surface area contributed by atoms with E-state index < -0.39 is 0 Å². The van der Waals surface area contributed by atoms with Gasteiger partial charge in [0.1, 0.15) is 17.4 Å². The zero-order valence-electron chi connectivity index (χ0n) is 11.8. The molecule has 0 bridgehead atoms. The average molecular weight is 266 g/mol. The molecule has 2 aromatic heterocycles. The van der Waals surface area contributed by atoms with Crippen LogP contribution in [0.25, 0.3) is 11.0 Å². The maximum Gasteiger partial charge on any atom is 0.134 e. The zero-order valence-corrected chi connectivity index (χ0v) is 11.8. The van der Waals surface area contributed by atoms with Gasteiger partial charge >= 0.3 is 0 Å². The fraction of sp³-hybridized carbons (Fsp3) is 0.235. The molecule has 2 heterocycles. The van der Waals surface area contributed by atoms with E-state index in [4.69, 9.17) is 4.42 Å². The molecule has 20 heavy (non-hydrogen) atoms. The van der Waals surface area contributed by atoms with Crippen LogP contribution in [0.4, 0.5) is 0 Å². The molecule has 0 radical (unpaired) electrons. The maximum atomic E-state index is 5.97. The molecule has 3 rings (SSSR count). The molecule has 3 heteroatoms. The lowest BCUT2D eigenvalue weighted by molar-refractivity contribution is 0.471. The number of hydrogen-bond acceptors (Lipinski definition) is 3. The first-order valence-electron chi connectivity index (χ1n) is 6.92. The van der Waals surface area contributed by atoms with E-state index in [1.165, 1.54) is 5.56 Å². The Morgan fingerprint density at radius 2 is 2.05 bits per heavy atom. The van der Waals surface area contributed by atoms with Crippen LogP contribution >= 0.6 is 0 Å². The Balaban J connectivity index is 2.05. The lowest BCUT2D eigenvalue weighted by Gasteiger charge is -2.15. The van der Waals surface area contributed by atoms with Crippen LogP contribution in [0, 0.1) is 6.92 Å². The van der Waals surface area contributed by atoms with Gasteiger partial charge in [-0.3, -0.25) is 4.98 Å². The number of rotatable bonds is 4. The van der Waals surface area contributed by atoms with Gasteiger partial charge in [-0.1, -0.05) is 25.1 Å². The molecule has 102 valence electrons. The standard InChI is InChI=1S/C17H18N2O/c1-3-18-17(14-10-12(2)8-9-19-14)16-11-13-6-4-5-7-15(13)20-16/h4-11,17-18H,3H2,1-2H3. The van der Waals surface area contributed by atoms with Crippen molar-refractivity contribution in [3.8, 4) is 0 Å². The Morgan fingerprint density at radius 1 is 1.20 bits per heavy atom. The highest BCUT2D eigenvalue weighted by Crippen LogP contribution is 2.27. The Kier molecular flexibility index (Phi) is 3.52. The van der Waals surface area contributed by atoms with Crippen molar-refractivity contribution in [1.82, 2.24) is 10.3 Å². The lowest BCUT2D eigenvalue weighted by atomic mass is 10.1. The topological polar surface area (TPSA) is 38.1 Å². The summed E-state index contributed by atoms with van der Waals surface area (Å²) in [4.78, 5) is 4.48. The van der Waals surface area contributed by atoms with Gasteiger partial charge < -0.3 is 9.73 Å². The smallest absolute Gasteiger partial charge is 0.134 e. The first-order chi connectivity index (χ1) is 9.78. The molecule has 0 amide bonds. The summed E-state index contributed by atoms with van der Waals surface area (Å²) in [5, 5.41) is 4.57. The molecule has 0 aliphatic heterocycles. The molecule has 3 aromatic rings. The minimum absolute atomic E-state index is 0.00713. The van der Waals surface area contributed by atoms with Gasteiger partial charge in [0.15, 0.2) is 0 Å².